The fourth-order valence-electron chi connectivity index (χ4n) is 2.02. The summed E-state index contributed by atoms with van der Waals surface area (Å²) >= 11 is 1.63. The molecule has 6 nitrogen and oxygen atoms in total. The summed E-state index contributed by atoms with van der Waals surface area (Å²) < 4.78 is 7.45. The van der Waals surface area contributed by atoms with Crippen LogP contribution in [0.4, 0.5) is 0 Å². The summed E-state index contributed by atoms with van der Waals surface area (Å²) in [5.74, 6) is 0.842. The molecule has 1 fully saturated rings. The van der Waals surface area contributed by atoms with Crippen LogP contribution in [0.2, 0.25) is 0 Å². The third kappa shape index (κ3) is 3.30. The average molecular weight is 277 g/mol. The lowest BCUT2D eigenvalue weighted by Gasteiger charge is -2.09. The number of thioether (sulfide) groups is 1. The number of aromatic nitrogens is 5. The van der Waals surface area contributed by atoms with Crippen LogP contribution in [0.15, 0.2) is 29.7 Å². The van der Waals surface area contributed by atoms with Gasteiger partial charge in [0.15, 0.2) is 0 Å². The lowest BCUT2D eigenvalue weighted by atomic mass is 10.2. The molecule has 1 atom stereocenters. The van der Waals surface area contributed by atoms with Gasteiger partial charge in [0.05, 0.1) is 12.6 Å². The van der Waals surface area contributed by atoms with Crippen molar-refractivity contribution in [3.63, 3.8) is 0 Å². The van der Waals surface area contributed by atoms with E-state index in [0.717, 1.165) is 36.9 Å². The molecule has 0 saturated carbocycles. The third-order valence-corrected chi connectivity index (χ3v) is 4.05. The summed E-state index contributed by atoms with van der Waals surface area (Å²) in [6, 6.07) is 4.00. The third-order valence-electron chi connectivity index (χ3n) is 3.02. The minimum atomic E-state index is 0.253. The number of tetrazole rings is 1. The van der Waals surface area contributed by atoms with E-state index in [1.54, 1.807) is 24.2 Å². The lowest BCUT2D eigenvalue weighted by Crippen LogP contribution is -2.16. The van der Waals surface area contributed by atoms with Gasteiger partial charge >= 0.3 is 0 Å². The Morgan fingerprint density at radius 3 is 3.05 bits per heavy atom. The molecule has 2 aromatic heterocycles. The van der Waals surface area contributed by atoms with E-state index in [2.05, 4.69) is 20.5 Å². The second kappa shape index (κ2) is 6.12. The highest BCUT2D eigenvalue weighted by molar-refractivity contribution is 7.98. The Morgan fingerprint density at radius 1 is 1.37 bits per heavy atom. The fourth-order valence-corrected chi connectivity index (χ4v) is 2.87. The molecule has 0 aliphatic carbocycles. The Morgan fingerprint density at radius 2 is 2.26 bits per heavy atom. The zero-order chi connectivity index (χ0) is 12.9. The maximum Gasteiger partial charge on any atom is 0.209 e. The second-order valence-corrected chi connectivity index (χ2v) is 5.37. The summed E-state index contributed by atoms with van der Waals surface area (Å²) in [6.45, 7) is 1.60. The number of rotatable bonds is 5. The Labute approximate surface area is 115 Å². The van der Waals surface area contributed by atoms with Crippen LogP contribution in [-0.2, 0) is 17.0 Å². The van der Waals surface area contributed by atoms with Gasteiger partial charge in [-0.2, -0.15) is 0 Å². The van der Waals surface area contributed by atoms with Crippen LogP contribution in [0.1, 0.15) is 18.4 Å². The molecule has 0 aromatic carbocycles. The van der Waals surface area contributed by atoms with Crippen LogP contribution in [-0.4, -0.2) is 37.9 Å². The van der Waals surface area contributed by atoms with Crippen LogP contribution in [0.25, 0.3) is 0 Å². The van der Waals surface area contributed by atoms with Crippen molar-refractivity contribution in [2.24, 2.45) is 0 Å². The maximum absolute atomic E-state index is 5.61. The molecule has 1 aliphatic heterocycles. The lowest BCUT2D eigenvalue weighted by molar-refractivity contribution is 0.0912. The maximum atomic E-state index is 5.61. The Hall–Kier alpha value is -1.47. The van der Waals surface area contributed by atoms with Crippen LogP contribution >= 0.6 is 11.8 Å². The summed E-state index contributed by atoms with van der Waals surface area (Å²) in [5.41, 5.74) is 1.21. The molecule has 1 saturated heterocycles. The van der Waals surface area contributed by atoms with Gasteiger partial charge in [-0.25, -0.2) is 4.68 Å². The summed E-state index contributed by atoms with van der Waals surface area (Å²) in [7, 11) is 0. The normalized spacial score (nSPS) is 18.8. The van der Waals surface area contributed by atoms with Gasteiger partial charge in [0.2, 0.25) is 5.16 Å². The molecule has 19 heavy (non-hydrogen) atoms. The number of hydrogen-bond donors (Lipinski definition) is 0. The zero-order valence-corrected chi connectivity index (χ0v) is 11.3. The zero-order valence-electron chi connectivity index (χ0n) is 10.5. The molecule has 0 spiro atoms. The van der Waals surface area contributed by atoms with E-state index >= 15 is 0 Å². The highest BCUT2D eigenvalue weighted by Crippen LogP contribution is 2.21. The molecule has 0 N–H and O–H groups in total. The largest absolute Gasteiger partial charge is 0.376 e. The van der Waals surface area contributed by atoms with Crippen molar-refractivity contribution in [1.82, 2.24) is 25.2 Å². The highest BCUT2D eigenvalue weighted by atomic mass is 32.2. The van der Waals surface area contributed by atoms with Gasteiger partial charge in [-0.05, 0) is 41.0 Å². The average Bonchev–Trinajstić information content (AvgIpc) is 3.10. The molecule has 0 unspecified atom stereocenters. The molecular weight excluding hydrogens is 262 g/mol. The van der Waals surface area contributed by atoms with E-state index in [9.17, 15) is 0 Å². The van der Waals surface area contributed by atoms with E-state index in [-0.39, 0.29) is 6.10 Å². The van der Waals surface area contributed by atoms with Crippen molar-refractivity contribution in [2.75, 3.05) is 6.61 Å². The smallest absolute Gasteiger partial charge is 0.209 e. The fraction of sp³-hybridized carbons (Fsp3) is 0.500. The SMILES string of the molecule is c1cc(CSc2nnnn2C[C@H]2CCCO2)ccn1. The molecule has 100 valence electrons. The van der Waals surface area contributed by atoms with Gasteiger partial charge in [0.25, 0.3) is 0 Å². The minimum absolute atomic E-state index is 0.253. The van der Waals surface area contributed by atoms with Crippen molar-refractivity contribution in [1.29, 1.82) is 0 Å². The van der Waals surface area contributed by atoms with Gasteiger partial charge in [-0.1, -0.05) is 11.8 Å². The summed E-state index contributed by atoms with van der Waals surface area (Å²) in [5, 5.41) is 12.7. The monoisotopic (exact) mass is 277 g/mol. The van der Waals surface area contributed by atoms with Crippen molar-refractivity contribution < 1.29 is 4.74 Å². The van der Waals surface area contributed by atoms with Crippen molar-refractivity contribution in [3.8, 4) is 0 Å². The van der Waals surface area contributed by atoms with Crippen LogP contribution < -0.4 is 0 Å². The Bertz CT molecular complexity index is 512. The van der Waals surface area contributed by atoms with Crippen LogP contribution in [0.3, 0.4) is 0 Å². The second-order valence-electron chi connectivity index (χ2n) is 4.42. The number of ether oxygens (including phenoxy) is 1. The first-order valence-electron chi connectivity index (χ1n) is 6.31. The van der Waals surface area contributed by atoms with Crippen molar-refractivity contribution >= 4 is 11.8 Å². The van der Waals surface area contributed by atoms with E-state index in [4.69, 9.17) is 4.74 Å². The first-order chi connectivity index (χ1) is 9.42. The van der Waals surface area contributed by atoms with E-state index < -0.39 is 0 Å². The quantitative estimate of drug-likeness (QED) is 0.772. The molecule has 3 rings (SSSR count). The highest BCUT2D eigenvalue weighted by Gasteiger charge is 2.18. The van der Waals surface area contributed by atoms with Crippen LogP contribution in [0, 0.1) is 0 Å². The van der Waals surface area contributed by atoms with E-state index in [1.807, 2.05) is 16.8 Å². The first-order valence-corrected chi connectivity index (χ1v) is 7.30. The van der Waals surface area contributed by atoms with Gasteiger partial charge in [-0.3, -0.25) is 4.98 Å². The molecule has 2 aromatic rings. The first kappa shape index (κ1) is 12.6. The van der Waals surface area contributed by atoms with Crippen molar-refractivity contribution in [3.05, 3.63) is 30.1 Å². The standard InChI is InChI=1S/C12H15N5OS/c1-2-11(18-7-1)8-17-12(14-15-16-17)19-9-10-3-5-13-6-4-10/h3-6,11H,1-2,7-9H2/t11-/m1/s1. The predicted molar refractivity (Wildman–Crippen MR) is 70.6 cm³/mol. The van der Waals surface area contributed by atoms with Gasteiger partial charge in [0.1, 0.15) is 0 Å². The molecule has 0 bridgehead atoms. The van der Waals surface area contributed by atoms with Crippen LogP contribution in [0.5, 0.6) is 0 Å². The van der Waals surface area contributed by atoms with Gasteiger partial charge < -0.3 is 4.74 Å². The molecule has 0 radical (unpaired) electrons. The number of pyridine rings is 1. The molecule has 7 heteroatoms. The van der Waals surface area contributed by atoms with E-state index in [1.165, 1.54) is 5.56 Å². The van der Waals surface area contributed by atoms with Gasteiger partial charge in [-0.15, -0.1) is 5.10 Å². The Kier molecular flexibility index (Phi) is 4.04. The van der Waals surface area contributed by atoms with E-state index in [0.29, 0.717) is 0 Å². The van der Waals surface area contributed by atoms with Crippen molar-refractivity contribution in [2.45, 2.75) is 36.4 Å². The van der Waals surface area contributed by atoms with Gasteiger partial charge in [0, 0.05) is 24.8 Å². The number of nitrogens with zero attached hydrogens (tertiary/aromatic N) is 5. The number of hydrogen-bond acceptors (Lipinski definition) is 6. The Balaban J connectivity index is 1.60. The predicted octanol–water partition coefficient (Wildman–Crippen LogP) is 1.54. The summed E-state index contributed by atoms with van der Waals surface area (Å²) in [4.78, 5) is 4.01. The molecule has 0 amide bonds. The summed E-state index contributed by atoms with van der Waals surface area (Å²) in [6.07, 6.45) is 6.07. The molecule has 3 heterocycles. The molecular formula is C12H15N5OS. The topological polar surface area (TPSA) is 65.7 Å². The minimum Gasteiger partial charge on any atom is -0.376 e. The molecule has 1 aliphatic rings.